The fourth-order valence-corrected chi connectivity index (χ4v) is 2.63. The molecule has 2 rings (SSSR count). The molecule has 0 spiro atoms. The number of aliphatic hydroxyl groups is 8. The summed E-state index contributed by atoms with van der Waals surface area (Å²) in [5.74, 6) is -2.37. The second-order valence-electron chi connectivity index (χ2n) is 5.58. The van der Waals surface area contributed by atoms with Crippen molar-refractivity contribution < 1.29 is 55.1 Å². The van der Waals surface area contributed by atoms with E-state index in [1.165, 1.54) is 0 Å². The minimum absolute atomic E-state index is 0.668. The molecule has 0 aliphatic carbocycles. The molecule has 0 saturated carbocycles. The van der Waals surface area contributed by atoms with Gasteiger partial charge in [0.2, 0.25) is 5.79 Å². The zero-order valence-electron chi connectivity index (χ0n) is 12.0. The Hall–Kier alpha value is -0.440. The monoisotopic (exact) mass is 342 g/mol. The lowest BCUT2D eigenvalue weighted by Gasteiger charge is -2.41. The molecule has 11 heteroatoms. The van der Waals surface area contributed by atoms with Crippen LogP contribution in [0.1, 0.15) is 0 Å². The molecule has 9 atom stereocenters. The second-order valence-corrected chi connectivity index (χ2v) is 5.58. The van der Waals surface area contributed by atoms with Gasteiger partial charge in [0.05, 0.1) is 19.8 Å². The van der Waals surface area contributed by atoms with Crippen LogP contribution in [0.3, 0.4) is 0 Å². The predicted molar refractivity (Wildman–Crippen MR) is 68.6 cm³/mol. The SMILES string of the molecule is OCC1O[C@@H](O[C@@H]2C(O)C(O)(CO)O[C@@H]2CO)[C@@H](O)C(O)[C@H]1O. The standard InChI is InChI=1S/C12H22O11/c13-1-4-6(16)7(17)8(18)11(21-4)22-9-5(2-14)23-12(20,3-15)10(9)19/h4-11,13-20H,1-3H2/t4?,5-,6+,7?,8+,9+,10?,11+,12?/m1/s1. The molecule has 0 aromatic heterocycles. The fourth-order valence-electron chi connectivity index (χ4n) is 2.63. The quantitative estimate of drug-likeness (QED) is 0.238. The Kier molecular flexibility index (Phi) is 5.92. The van der Waals surface area contributed by atoms with Crippen LogP contribution in [0.15, 0.2) is 0 Å². The second kappa shape index (κ2) is 7.21. The average Bonchev–Trinajstić information content (AvgIpc) is 2.80. The Morgan fingerprint density at radius 3 is 2.00 bits per heavy atom. The van der Waals surface area contributed by atoms with Crippen LogP contribution in [0.5, 0.6) is 0 Å². The van der Waals surface area contributed by atoms with Crippen LogP contribution in [-0.2, 0) is 14.2 Å². The average molecular weight is 342 g/mol. The van der Waals surface area contributed by atoms with Crippen LogP contribution in [0.4, 0.5) is 0 Å². The summed E-state index contributed by atoms with van der Waals surface area (Å²) in [5, 5.41) is 76.5. The van der Waals surface area contributed by atoms with Crippen LogP contribution in [-0.4, -0.2) is 115 Å². The molecular weight excluding hydrogens is 320 g/mol. The zero-order chi connectivity index (χ0) is 17.4. The van der Waals surface area contributed by atoms with Gasteiger partial charge in [0.15, 0.2) is 6.29 Å². The molecule has 2 aliphatic heterocycles. The minimum Gasteiger partial charge on any atom is -0.394 e. The van der Waals surface area contributed by atoms with Gasteiger partial charge in [0, 0.05) is 0 Å². The molecule has 0 radical (unpaired) electrons. The van der Waals surface area contributed by atoms with Crippen LogP contribution in [0, 0.1) is 0 Å². The molecule has 0 bridgehead atoms. The maximum atomic E-state index is 10.00. The molecule has 2 aliphatic rings. The maximum absolute atomic E-state index is 10.00. The van der Waals surface area contributed by atoms with E-state index in [0.717, 1.165) is 0 Å². The minimum atomic E-state index is -2.37. The van der Waals surface area contributed by atoms with E-state index in [2.05, 4.69) is 0 Å². The summed E-state index contributed by atoms with van der Waals surface area (Å²) in [6.07, 6.45) is -12.2. The number of aliphatic hydroxyl groups excluding tert-OH is 7. The summed E-state index contributed by atoms with van der Waals surface area (Å²) in [5.41, 5.74) is 0. The molecule has 2 heterocycles. The van der Waals surface area contributed by atoms with Crippen molar-refractivity contribution in [2.45, 2.75) is 54.8 Å². The fraction of sp³-hybridized carbons (Fsp3) is 1.00. The van der Waals surface area contributed by atoms with E-state index < -0.39 is 74.6 Å². The lowest BCUT2D eigenvalue weighted by Crippen LogP contribution is -2.60. The Morgan fingerprint density at radius 2 is 1.48 bits per heavy atom. The van der Waals surface area contributed by atoms with E-state index in [1.807, 2.05) is 0 Å². The van der Waals surface area contributed by atoms with Gasteiger partial charge in [-0.25, -0.2) is 0 Å². The third-order valence-electron chi connectivity index (χ3n) is 4.04. The largest absolute Gasteiger partial charge is 0.394 e. The zero-order valence-corrected chi connectivity index (χ0v) is 12.0. The summed E-state index contributed by atoms with van der Waals surface area (Å²) in [6.45, 7) is -2.32. The molecular formula is C12H22O11. The number of rotatable bonds is 5. The molecule has 2 saturated heterocycles. The summed E-state index contributed by atoms with van der Waals surface area (Å²) < 4.78 is 15.3. The van der Waals surface area contributed by atoms with Crippen molar-refractivity contribution in [1.82, 2.24) is 0 Å². The summed E-state index contributed by atoms with van der Waals surface area (Å²) >= 11 is 0. The molecule has 4 unspecified atom stereocenters. The first kappa shape index (κ1) is 18.9. The van der Waals surface area contributed by atoms with Gasteiger partial charge in [0.25, 0.3) is 0 Å². The van der Waals surface area contributed by atoms with Crippen LogP contribution in [0.25, 0.3) is 0 Å². The number of hydrogen-bond acceptors (Lipinski definition) is 11. The molecule has 0 amide bonds. The van der Waals surface area contributed by atoms with Crippen molar-refractivity contribution in [1.29, 1.82) is 0 Å². The lowest BCUT2D eigenvalue weighted by atomic mass is 9.99. The van der Waals surface area contributed by atoms with Gasteiger partial charge in [-0.05, 0) is 0 Å². The van der Waals surface area contributed by atoms with Gasteiger partial charge < -0.3 is 55.1 Å². The normalized spacial score (nSPS) is 51.1. The molecule has 23 heavy (non-hydrogen) atoms. The molecule has 0 aromatic rings. The molecule has 2 fully saturated rings. The van der Waals surface area contributed by atoms with E-state index in [4.69, 9.17) is 24.4 Å². The number of hydrogen-bond donors (Lipinski definition) is 8. The summed E-state index contributed by atoms with van der Waals surface area (Å²) in [4.78, 5) is 0. The Bertz CT molecular complexity index is 393. The van der Waals surface area contributed by atoms with Gasteiger partial charge in [-0.3, -0.25) is 0 Å². The van der Waals surface area contributed by atoms with Crippen LogP contribution >= 0.6 is 0 Å². The van der Waals surface area contributed by atoms with E-state index in [1.54, 1.807) is 0 Å². The van der Waals surface area contributed by atoms with Crippen molar-refractivity contribution >= 4 is 0 Å². The van der Waals surface area contributed by atoms with E-state index in [9.17, 15) is 30.6 Å². The Balaban J connectivity index is 2.13. The first-order chi connectivity index (χ1) is 10.8. The Morgan fingerprint density at radius 1 is 0.870 bits per heavy atom. The van der Waals surface area contributed by atoms with Crippen LogP contribution < -0.4 is 0 Å². The third-order valence-corrected chi connectivity index (χ3v) is 4.04. The van der Waals surface area contributed by atoms with E-state index >= 15 is 0 Å². The van der Waals surface area contributed by atoms with Crippen molar-refractivity contribution in [3.05, 3.63) is 0 Å². The van der Waals surface area contributed by atoms with Gasteiger partial charge >= 0.3 is 0 Å². The van der Waals surface area contributed by atoms with Gasteiger partial charge in [0.1, 0.15) is 42.7 Å². The molecule has 8 N–H and O–H groups in total. The highest BCUT2D eigenvalue weighted by atomic mass is 16.7. The van der Waals surface area contributed by atoms with Crippen molar-refractivity contribution in [2.24, 2.45) is 0 Å². The van der Waals surface area contributed by atoms with Crippen molar-refractivity contribution in [2.75, 3.05) is 19.8 Å². The Labute approximate surface area is 130 Å². The van der Waals surface area contributed by atoms with Crippen LogP contribution in [0.2, 0.25) is 0 Å². The summed E-state index contributed by atoms with van der Waals surface area (Å²) in [7, 11) is 0. The molecule has 0 aromatic carbocycles. The maximum Gasteiger partial charge on any atom is 0.219 e. The van der Waals surface area contributed by atoms with Crippen molar-refractivity contribution in [3.8, 4) is 0 Å². The van der Waals surface area contributed by atoms with Crippen molar-refractivity contribution in [3.63, 3.8) is 0 Å². The van der Waals surface area contributed by atoms with E-state index in [-0.39, 0.29) is 0 Å². The first-order valence-corrected chi connectivity index (χ1v) is 7.05. The predicted octanol–water partition coefficient (Wildman–Crippen LogP) is -5.40. The molecule has 136 valence electrons. The first-order valence-electron chi connectivity index (χ1n) is 7.05. The third kappa shape index (κ3) is 3.36. The smallest absolute Gasteiger partial charge is 0.219 e. The van der Waals surface area contributed by atoms with E-state index in [0.29, 0.717) is 0 Å². The topological polar surface area (TPSA) is 190 Å². The molecule has 11 nitrogen and oxygen atoms in total. The highest BCUT2D eigenvalue weighted by Gasteiger charge is 2.56. The lowest BCUT2D eigenvalue weighted by molar-refractivity contribution is -0.318. The van der Waals surface area contributed by atoms with Gasteiger partial charge in [-0.2, -0.15) is 0 Å². The summed E-state index contributed by atoms with van der Waals surface area (Å²) in [6, 6.07) is 0. The highest BCUT2D eigenvalue weighted by molar-refractivity contribution is 4.98. The highest BCUT2D eigenvalue weighted by Crippen LogP contribution is 2.33. The number of ether oxygens (including phenoxy) is 3. The van der Waals surface area contributed by atoms with Gasteiger partial charge in [-0.1, -0.05) is 0 Å². The van der Waals surface area contributed by atoms with Gasteiger partial charge in [-0.15, -0.1) is 0 Å².